The highest BCUT2D eigenvalue weighted by Crippen LogP contribution is 2.10. The van der Waals surface area contributed by atoms with Crippen LogP contribution in [0.15, 0.2) is 24.3 Å². The van der Waals surface area contributed by atoms with E-state index in [0.717, 1.165) is 5.56 Å². The molecule has 0 aliphatic rings. The first-order valence-electron chi connectivity index (χ1n) is 4.41. The van der Waals surface area contributed by atoms with Crippen molar-refractivity contribution in [3.8, 4) is 5.75 Å². The molecule has 3 N–H and O–H groups in total. The molecule has 1 aromatic rings. The minimum Gasteiger partial charge on any atom is -0.508 e. The zero-order valence-electron chi connectivity index (χ0n) is 8.05. The lowest BCUT2D eigenvalue weighted by atomic mass is 10.2. The molecule has 0 atom stereocenters. The van der Waals surface area contributed by atoms with Crippen LogP contribution < -0.4 is 5.32 Å². The molecule has 0 heterocycles. The summed E-state index contributed by atoms with van der Waals surface area (Å²) in [5, 5.41) is 12.0. The lowest BCUT2D eigenvalue weighted by Gasteiger charge is -2.03. The molecule has 0 unspecified atom stereocenters. The van der Waals surface area contributed by atoms with Gasteiger partial charge in [-0.15, -0.1) is 0 Å². The van der Waals surface area contributed by atoms with Crippen LogP contribution in [0.3, 0.4) is 0 Å². The van der Waals surface area contributed by atoms with Gasteiger partial charge in [-0.2, -0.15) is 8.42 Å². The van der Waals surface area contributed by atoms with E-state index in [2.05, 4.69) is 5.32 Å². The number of phenols is 1. The summed E-state index contributed by atoms with van der Waals surface area (Å²) in [6, 6.07) is 6.65. The summed E-state index contributed by atoms with van der Waals surface area (Å²) in [6.45, 7) is 0.623. The highest BCUT2D eigenvalue weighted by Gasteiger charge is 2.02. The molecule has 0 aliphatic carbocycles. The molecule has 0 spiro atoms. The van der Waals surface area contributed by atoms with E-state index in [1.807, 2.05) is 0 Å². The average molecular weight is 231 g/mol. The zero-order chi connectivity index (χ0) is 11.3. The van der Waals surface area contributed by atoms with Crippen molar-refractivity contribution in [1.82, 2.24) is 5.32 Å². The molecule has 1 aromatic carbocycles. The number of hydrogen-bond acceptors (Lipinski definition) is 4. The van der Waals surface area contributed by atoms with Crippen molar-refractivity contribution in [3.63, 3.8) is 0 Å². The Labute approximate surface area is 88.5 Å². The van der Waals surface area contributed by atoms with Crippen LogP contribution in [-0.4, -0.2) is 30.4 Å². The van der Waals surface area contributed by atoms with Crippen LogP contribution in [0.25, 0.3) is 0 Å². The predicted molar refractivity (Wildman–Crippen MR) is 56.2 cm³/mol. The fourth-order valence-corrected chi connectivity index (χ4v) is 1.50. The summed E-state index contributed by atoms with van der Waals surface area (Å²) in [6.07, 6.45) is 0. The van der Waals surface area contributed by atoms with Gasteiger partial charge in [0.15, 0.2) is 0 Å². The standard InChI is InChI=1S/C9H13NO4S/c11-9-3-1-2-8(6-9)7-10-4-5-15(12,13)14/h1-3,6,10-11H,4-5,7H2,(H,12,13,14). The Morgan fingerprint density at radius 3 is 2.67 bits per heavy atom. The Kier molecular flexibility index (Phi) is 4.07. The molecule has 0 saturated carbocycles. The van der Waals surface area contributed by atoms with E-state index in [0.29, 0.717) is 6.54 Å². The molecule has 0 saturated heterocycles. The van der Waals surface area contributed by atoms with Crippen LogP contribution in [0.1, 0.15) is 5.56 Å². The van der Waals surface area contributed by atoms with Crippen molar-refractivity contribution in [2.24, 2.45) is 0 Å². The SMILES string of the molecule is O=S(=O)(O)CCNCc1cccc(O)c1. The second-order valence-electron chi connectivity index (χ2n) is 3.13. The minimum atomic E-state index is -3.90. The van der Waals surface area contributed by atoms with E-state index in [9.17, 15) is 8.42 Å². The highest BCUT2D eigenvalue weighted by molar-refractivity contribution is 7.85. The maximum absolute atomic E-state index is 10.4. The van der Waals surface area contributed by atoms with E-state index in [1.54, 1.807) is 24.3 Å². The third-order valence-electron chi connectivity index (χ3n) is 1.78. The third-order valence-corrected chi connectivity index (χ3v) is 2.50. The van der Waals surface area contributed by atoms with Crippen molar-refractivity contribution >= 4 is 10.1 Å². The molecule has 84 valence electrons. The van der Waals surface area contributed by atoms with Gasteiger partial charge in [0, 0.05) is 13.1 Å². The second kappa shape index (κ2) is 5.11. The topological polar surface area (TPSA) is 86.6 Å². The van der Waals surface area contributed by atoms with Gasteiger partial charge < -0.3 is 10.4 Å². The lowest BCUT2D eigenvalue weighted by Crippen LogP contribution is -2.22. The van der Waals surface area contributed by atoms with Crippen LogP contribution in [0.4, 0.5) is 0 Å². The molecular weight excluding hydrogens is 218 g/mol. The van der Waals surface area contributed by atoms with Crippen LogP contribution in [0, 0.1) is 0 Å². The lowest BCUT2D eigenvalue weighted by molar-refractivity contribution is 0.473. The van der Waals surface area contributed by atoms with E-state index in [-0.39, 0.29) is 18.0 Å². The first kappa shape index (κ1) is 12.0. The molecular formula is C9H13NO4S. The first-order valence-corrected chi connectivity index (χ1v) is 6.02. The molecule has 0 aliphatic heterocycles. The minimum absolute atomic E-state index is 0.170. The van der Waals surface area contributed by atoms with E-state index in [4.69, 9.17) is 9.66 Å². The van der Waals surface area contributed by atoms with E-state index in [1.165, 1.54) is 0 Å². The summed E-state index contributed by atoms with van der Waals surface area (Å²) in [7, 11) is -3.90. The Morgan fingerprint density at radius 1 is 1.33 bits per heavy atom. The van der Waals surface area contributed by atoms with Gasteiger partial charge >= 0.3 is 0 Å². The molecule has 0 amide bonds. The Morgan fingerprint density at radius 2 is 2.07 bits per heavy atom. The third kappa shape index (κ3) is 5.36. The highest BCUT2D eigenvalue weighted by atomic mass is 32.2. The van der Waals surface area contributed by atoms with Gasteiger partial charge in [0.05, 0.1) is 5.75 Å². The van der Waals surface area contributed by atoms with Gasteiger partial charge in [-0.1, -0.05) is 12.1 Å². The van der Waals surface area contributed by atoms with Crippen LogP contribution >= 0.6 is 0 Å². The summed E-state index contributed by atoms with van der Waals surface area (Å²) in [5.74, 6) is -0.143. The number of aromatic hydroxyl groups is 1. The van der Waals surface area contributed by atoms with Crippen molar-refractivity contribution in [3.05, 3.63) is 29.8 Å². The summed E-state index contributed by atoms with van der Waals surface area (Å²) < 4.78 is 29.2. The van der Waals surface area contributed by atoms with E-state index >= 15 is 0 Å². The smallest absolute Gasteiger partial charge is 0.266 e. The fraction of sp³-hybridized carbons (Fsp3) is 0.333. The van der Waals surface area contributed by atoms with Crippen molar-refractivity contribution < 1.29 is 18.1 Å². The number of phenolic OH excluding ortho intramolecular Hbond substituents is 1. The normalized spacial score (nSPS) is 11.5. The number of rotatable bonds is 5. The second-order valence-corrected chi connectivity index (χ2v) is 4.70. The van der Waals surface area contributed by atoms with E-state index < -0.39 is 10.1 Å². The Bertz CT molecular complexity index is 416. The van der Waals surface area contributed by atoms with Crippen LogP contribution in [0.2, 0.25) is 0 Å². The summed E-state index contributed by atoms with van der Waals surface area (Å²) in [4.78, 5) is 0. The Hall–Kier alpha value is -1.11. The number of benzene rings is 1. The molecule has 0 radical (unpaired) electrons. The van der Waals surface area contributed by atoms with Crippen LogP contribution in [0.5, 0.6) is 5.75 Å². The molecule has 5 nitrogen and oxygen atoms in total. The average Bonchev–Trinajstić information content (AvgIpc) is 2.11. The predicted octanol–water partition coefficient (Wildman–Crippen LogP) is 0.370. The maximum Gasteiger partial charge on any atom is 0.266 e. The van der Waals surface area contributed by atoms with Crippen molar-refractivity contribution in [2.75, 3.05) is 12.3 Å². The molecule has 1 rings (SSSR count). The van der Waals surface area contributed by atoms with Gasteiger partial charge in [-0.05, 0) is 17.7 Å². The molecule has 0 aromatic heterocycles. The fourth-order valence-electron chi connectivity index (χ4n) is 1.10. The first-order chi connectivity index (χ1) is 6.97. The largest absolute Gasteiger partial charge is 0.508 e. The molecule has 0 bridgehead atoms. The molecule has 0 fully saturated rings. The zero-order valence-corrected chi connectivity index (χ0v) is 8.87. The van der Waals surface area contributed by atoms with Gasteiger partial charge in [0.2, 0.25) is 0 Å². The van der Waals surface area contributed by atoms with Gasteiger partial charge in [-0.25, -0.2) is 0 Å². The number of nitrogens with one attached hydrogen (secondary N) is 1. The number of hydrogen-bond donors (Lipinski definition) is 3. The summed E-state index contributed by atoms with van der Waals surface area (Å²) in [5.41, 5.74) is 0.852. The quantitative estimate of drug-likeness (QED) is 0.503. The maximum atomic E-state index is 10.4. The van der Waals surface area contributed by atoms with Crippen molar-refractivity contribution in [1.29, 1.82) is 0 Å². The summed E-state index contributed by atoms with van der Waals surface area (Å²) >= 11 is 0. The van der Waals surface area contributed by atoms with Gasteiger partial charge in [-0.3, -0.25) is 4.55 Å². The van der Waals surface area contributed by atoms with Gasteiger partial charge in [0.25, 0.3) is 10.1 Å². The molecule has 6 heteroatoms. The molecule has 15 heavy (non-hydrogen) atoms. The van der Waals surface area contributed by atoms with Crippen LogP contribution in [-0.2, 0) is 16.7 Å². The Balaban J connectivity index is 2.32. The monoisotopic (exact) mass is 231 g/mol. The van der Waals surface area contributed by atoms with Crippen molar-refractivity contribution in [2.45, 2.75) is 6.54 Å². The van der Waals surface area contributed by atoms with Gasteiger partial charge in [0.1, 0.15) is 5.75 Å².